The maximum atomic E-state index is 5.74. The summed E-state index contributed by atoms with van der Waals surface area (Å²) in [6.45, 7) is 4.90. The first kappa shape index (κ1) is 13.5. The summed E-state index contributed by atoms with van der Waals surface area (Å²) in [4.78, 5) is 0. The molecule has 0 saturated carbocycles. The second-order valence-electron chi connectivity index (χ2n) is 4.38. The van der Waals surface area contributed by atoms with Gasteiger partial charge in [-0.15, -0.1) is 10.2 Å². The topological polar surface area (TPSA) is 74.2 Å². The van der Waals surface area contributed by atoms with E-state index in [2.05, 4.69) is 23.2 Å². The monoisotopic (exact) mass is 261 g/mol. The number of ether oxygens (including phenoxy) is 1. The average molecular weight is 261 g/mol. The minimum atomic E-state index is 0.285. The highest BCUT2D eigenvalue weighted by atomic mass is 16.5. The van der Waals surface area contributed by atoms with Gasteiger partial charge < -0.3 is 14.9 Å². The van der Waals surface area contributed by atoms with Crippen molar-refractivity contribution in [1.29, 1.82) is 0 Å². The molecule has 19 heavy (non-hydrogen) atoms. The first-order valence-corrected chi connectivity index (χ1v) is 6.46. The highest BCUT2D eigenvalue weighted by molar-refractivity contribution is 5.37. The Morgan fingerprint density at radius 1 is 1.26 bits per heavy atom. The lowest BCUT2D eigenvalue weighted by atomic mass is 10.1. The number of rotatable bonds is 6. The number of nitrogens with two attached hydrogens (primary N) is 1. The first-order valence-electron chi connectivity index (χ1n) is 6.46. The van der Waals surface area contributed by atoms with Crippen molar-refractivity contribution in [2.45, 2.75) is 33.3 Å². The van der Waals surface area contributed by atoms with Gasteiger partial charge in [0.1, 0.15) is 5.75 Å². The van der Waals surface area contributed by atoms with Crippen LogP contribution in [0.2, 0.25) is 0 Å². The second kappa shape index (κ2) is 6.33. The van der Waals surface area contributed by atoms with Gasteiger partial charge in [0, 0.05) is 6.42 Å². The molecule has 0 aliphatic heterocycles. The lowest BCUT2D eigenvalue weighted by Crippen LogP contribution is -2.06. The molecule has 1 heterocycles. The molecule has 0 fully saturated rings. The number of hydrogen-bond donors (Lipinski definition) is 1. The number of aromatic nitrogens is 2. The van der Waals surface area contributed by atoms with Crippen LogP contribution in [0.25, 0.3) is 0 Å². The molecule has 1 aromatic heterocycles. The van der Waals surface area contributed by atoms with Crippen molar-refractivity contribution in [2.24, 2.45) is 5.73 Å². The molecule has 0 aliphatic rings. The van der Waals surface area contributed by atoms with Crippen molar-refractivity contribution in [3.63, 3.8) is 0 Å². The van der Waals surface area contributed by atoms with Crippen LogP contribution in [0.15, 0.2) is 22.6 Å². The third-order valence-electron chi connectivity index (χ3n) is 2.79. The first-order chi connectivity index (χ1) is 9.22. The predicted molar refractivity (Wildman–Crippen MR) is 71.9 cm³/mol. The second-order valence-corrected chi connectivity index (χ2v) is 4.38. The van der Waals surface area contributed by atoms with Crippen molar-refractivity contribution >= 4 is 0 Å². The fraction of sp³-hybridized carbons (Fsp3) is 0.429. The molecule has 0 unspecified atom stereocenters. The van der Waals surface area contributed by atoms with E-state index in [4.69, 9.17) is 14.9 Å². The largest absolute Gasteiger partial charge is 0.484 e. The Balaban J connectivity index is 2.05. The summed E-state index contributed by atoms with van der Waals surface area (Å²) in [6, 6.07) is 6.06. The van der Waals surface area contributed by atoms with Crippen LogP contribution in [0.4, 0.5) is 0 Å². The molecule has 0 bridgehead atoms. The number of nitrogens with zero attached hydrogens (tertiary/aromatic N) is 2. The van der Waals surface area contributed by atoms with E-state index >= 15 is 0 Å². The number of benzene rings is 1. The van der Waals surface area contributed by atoms with Gasteiger partial charge in [0.2, 0.25) is 5.89 Å². The minimum Gasteiger partial charge on any atom is -0.484 e. The van der Waals surface area contributed by atoms with Crippen LogP contribution in [0, 0.1) is 6.92 Å². The SMILES string of the molecule is CCc1nnc(COc2ccc(C)cc2CCN)o1. The van der Waals surface area contributed by atoms with E-state index in [9.17, 15) is 0 Å². The van der Waals surface area contributed by atoms with E-state index in [0.29, 0.717) is 18.3 Å². The summed E-state index contributed by atoms with van der Waals surface area (Å²) < 4.78 is 11.1. The van der Waals surface area contributed by atoms with Crippen LogP contribution in [0.5, 0.6) is 5.75 Å². The zero-order chi connectivity index (χ0) is 13.7. The molecule has 5 nitrogen and oxygen atoms in total. The molecule has 0 amide bonds. The van der Waals surface area contributed by atoms with Gasteiger partial charge in [-0.2, -0.15) is 0 Å². The van der Waals surface area contributed by atoms with E-state index in [0.717, 1.165) is 24.2 Å². The van der Waals surface area contributed by atoms with Crippen molar-refractivity contribution in [3.8, 4) is 5.75 Å². The zero-order valence-corrected chi connectivity index (χ0v) is 11.3. The molecule has 2 aromatic rings. The van der Waals surface area contributed by atoms with Crippen molar-refractivity contribution in [2.75, 3.05) is 6.54 Å². The van der Waals surface area contributed by atoms with Crippen LogP contribution in [0.3, 0.4) is 0 Å². The summed E-state index contributed by atoms with van der Waals surface area (Å²) in [5, 5.41) is 7.83. The van der Waals surface area contributed by atoms with E-state index in [1.54, 1.807) is 0 Å². The van der Waals surface area contributed by atoms with Gasteiger partial charge >= 0.3 is 0 Å². The van der Waals surface area contributed by atoms with Gasteiger partial charge in [-0.05, 0) is 31.5 Å². The zero-order valence-electron chi connectivity index (χ0n) is 11.3. The fourth-order valence-corrected chi connectivity index (χ4v) is 1.83. The standard InChI is InChI=1S/C14H19N3O2/c1-3-13-16-17-14(19-13)9-18-12-5-4-10(2)8-11(12)6-7-15/h4-5,8H,3,6-7,9,15H2,1-2H3. The molecule has 1 aromatic carbocycles. The highest BCUT2D eigenvalue weighted by Gasteiger charge is 2.08. The Hall–Kier alpha value is -1.88. The van der Waals surface area contributed by atoms with Gasteiger partial charge in [-0.3, -0.25) is 0 Å². The van der Waals surface area contributed by atoms with E-state index in [1.807, 2.05) is 19.1 Å². The van der Waals surface area contributed by atoms with Gasteiger partial charge in [0.05, 0.1) is 0 Å². The third-order valence-corrected chi connectivity index (χ3v) is 2.79. The Morgan fingerprint density at radius 2 is 2.05 bits per heavy atom. The molecule has 0 spiro atoms. The smallest absolute Gasteiger partial charge is 0.253 e. The van der Waals surface area contributed by atoms with Gasteiger partial charge in [0.25, 0.3) is 5.89 Å². The number of hydrogen-bond acceptors (Lipinski definition) is 5. The highest BCUT2D eigenvalue weighted by Crippen LogP contribution is 2.21. The number of aryl methyl sites for hydroxylation is 2. The van der Waals surface area contributed by atoms with Crippen molar-refractivity contribution in [3.05, 3.63) is 41.1 Å². The van der Waals surface area contributed by atoms with Gasteiger partial charge in [-0.25, -0.2) is 0 Å². The van der Waals surface area contributed by atoms with Gasteiger partial charge in [-0.1, -0.05) is 24.6 Å². The molecule has 0 atom stereocenters. The molecule has 2 N–H and O–H groups in total. The Labute approximate surface area is 112 Å². The molecule has 0 aliphatic carbocycles. The maximum absolute atomic E-state index is 5.74. The van der Waals surface area contributed by atoms with Crippen LogP contribution in [-0.2, 0) is 19.4 Å². The molecule has 0 saturated heterocycles. The normalized spacial score (nSPS) is 10.7. The third kappa shape index (κ3) is 3.54. The summed E-state index contributed by atoms with van der Waals surface area (Å²) in [5.41, 5.74) is 7.92. The molecular weight excluding hydrogens is 242 g/mol. The summed E-state index contributed by atoms with van der Waals surface area (Å²) >= 11 is 0. The quantitative estimate of drug-likeness (QED) is 0.861. The van der Waals surface area contributed by atoms with Crippen molar-refractivity contribution in [1.82, 2.24) is 10.2 Å². The van der Waals surface area contributed by atoms with Crippen LogP contribution in [-0.4, -0.2) is 16.7 Å². The predicted octanol–water partition coefficient (Wildman–Crippen LogP) is 2.02. The molecular formula is C14H19N3O2. The molecule has 102 valence electrons. The summed E-state index contributed by atoms with van der Waals surface area (Å²) in [7, 11) is 0. The van der Waals surface area contributed by atoms with Crippen LogP contribution >= 0.6 is 0 Å². The lowest BCUT2D eigenvalue weighted by Gasteiger charge is -2.10. The Morgan fingerprint density at radius 3 is 2.74 bits per heavy atom. The average Bonchev–Trinajstić information content (AvgIpc) is 2.86. The summed E-state index contributed by atoms with van der Waals surface area (Å²) in [5.74, 6) is 1.95. The van der Waals surface area contributed by atoms with E-state index < -0.39 is 0 Å². The molecule has 5 heteroatoms. The Bertz CT molecular complexity index is 537. The van der Waals surface area contributed by atoms with E-state index in [-0.39, 0.29) is 6.61 Å². The summed E-state index contributed by atoms with van der Waals surface area (Å²) in [6.07, 6.45) is 1.52. The maximum Gasteiger partial charge on any atom is 0.253 e. The molecule has 2 rings (SSSR count). The fourth-order valence-electron chi connectivity index (χ4n) is 1.83. The minimum absolute atomic E-state index is 0.285. The van der Waals surface area contributed by atoms with Crippen LogP contribution < -0.4 is 10.5 Å². The van der Waals surface area contributed by atoms with Crippen LogP contribution in [0.1, 0.15) is 29.8 Å². The lowest BCUT2D eigenvalue weighted by molar-refractivity contribution is 0.257. The van der Waals surface area contributed by atoms with E-state index in [1.165, 1.54) is 5.56 Å². The Kier molecular flexibility index (Phi) is 4.52. The molecule has 0 radical (unpaired) electrons. The van der Waals surface area contributed by atoms with Gasteiger partial charge in [0.15, 0.2) is 6.61 Å². The van der Waals surface area contributed by atoms with Crippen molar-refractivity contribution < 1.29 is 9.15 Å².